The molecule has 1 aliphatic heterocycles. The summed E-state index contributed by atoms with van der Waals surface area (Å²) in [6, 6.07) is 18.0. The van der Waals surface area contributed by atoms with Crippen molar-refractivity contribution >= 4 is 44.1 Å². The van der Waals surface area contributed by atoms with Gasteiger partial charge in [0.05, 0.1) is 28.4 Å². The number of thiazole rings is 1. The Kier molecular flexibility index (Phi) is 6.20. The third-order valence-electron chi connectivity index (χ3n) is 6.13. The van der Waals surface area contributed by atoms with Crippen LogP contribution in [0.2, 0.25) is 0 Å². The van der Waals surface area contributed by atoms with Gasteiger partial charge in [-0.25, -0.2) is 4.98 Å². The minimum atomic E-state index is -0.924. The number of carbonyl (C=O) groups excluding carboxylic acids is 2. The van der Waals surface area contributed by atoms with Crippen molar-refractivity contribution in [3.05, 3.63) is 89.0 Å². The number of hydrogen-bond acceptors (Lipinski definition) is 7. The van der Waals surface area contributed by atoms with E-state index in [1.807, 2.05) is 25.1 Å². The smallest absolute Gasteiger partial charge is 0.301 e. The standard InChI is InChI=1S/C28H24N2O5S/c1-3-16-8-13-21-22(14-16)36-28(29-21)30-24(17-9-11-19(31)12-10-17)23(26(33)27(30)34)25(32)18-6-5-7-20(15-18)35-4-2/h5-15,24,31-32H,3-4H2,1-2H3/b25-23+. The van der Waals surface area contributed by atoms with Gasteiger partial charge in [0.25, 0.3) is 5.78 Å². The van der Waals surface area contributed by atoms with E-state index < -0.39 is 17.7 Å². The maximum Gasteiger partial charge on any atom is 0.301 e. The van der Waals surface area contributed by atoms with Crippen LogP contribution in [0.25, 0.3) is 16.0 Å². The molecule has 182 valence electrons. The average Bonchev–Trinajstić information content (AvgIpc) is 3.42. The Bertz CT molecular complexity index is 1510. The van der Waals surface area contributed by atoms with E-state index in [9.17, 15) is 19.8 Å². The molecule has 0 spiro atoms. The summed E-state index contributed by atoms with van der Waals surface area (Å²) in [7, 11) is 0. The van der Waals surface area contributed by atoms with Crippen LogP contribution in [0.15, 0.2) is 72.3 Å². The van der Waals surface area contributed by atoms with Crippen LogP contribution < -0.4 is 9.64 Å². The first-order chi connectivity index (χ1) is 17.4. The van der Waals surface area contributed by atoms with Crippen molar-refractivity contribution in [2.45, 2.75) is 26.3 Å². The van der Waals surface area contributed by atoms with E-state index in [1.165, 1.54) is 28.4 Å². The third kappa shape index (κ3) is 4.09. The molecule has 0 aliphatic carbocycles. The van der Waals surface area contributed by atoms with Crippen molar-refractivity contribution in [2.75, 3.05) is 11.5 Å². The van der Waals surface area contributed by atoms with Crippen LogP contribution >= 0.6 is 11.3 Å². The van der Waals surface area contributed by atoms with Crippen molar-refractivity contribution in [1.82, 2.24) is 4.98 Å². The van der Waals surface area contributed by atoms with Crippen LogP contribution in [0.4, 0.5) is 5.13 Å². The Balaban J connectivity index is 1.69. The topological polar surface area (TPSA) is 100.0 Å². The van der Waals surface area contributed by atoms with Crippen molar-refractivity contribution in [3.8, 4) is 11.5 Å². The number of anilines is 1. The number of phenols is 1. The van der Waals surface area contributed by atoms with Crippen molar-refractivity contribution in [1.29, 1.82) is 0 Å². The molecule has 0 radical (unpaired) electrons. The minimum absolute atomic E-state index is 0.0483. The van der Waals surface area contributed by atoms with E-state index in [0.717, 1.165) is 22.2 Å². The first-order valence-electron chi connectivity index (χ1n) is 11.6. The van der Waals surface area contributed by atoms with Crippen LogP contribution in [-0.4, -0.2) is 33.5 Å². The molecule has 1 atom stereocenters. The fourth-order valence-corrected chi connectivity index (χ4v) is 5.39. The zero-order valence-electron chi connectivity index (χ0n) is 19.8. The fourth-order valence-electron chi connectivity index (χ4n) is 4.34. The van der Waals surface area contributed by atoms with Gasteiger partial charge >= 0.3 is 5.91 Å². The summed E-state index contributed by atoms with van der Waals surface area (Å²) < 4.78 is 6.45. The minimum Gasteiger partial charge on any atom is -0.508 e. The van der Waals surface area contributed by atoms with Crippen LogP contribution in [-0.2, 0) is 16.0 Å². The summed E-state index contributed by atoms with van der Waals surface area (Å²) in [4.78, 5) is 32.8. The van der Waals surface area contributed by atoms with Crippen molar-refractivity contribution in [2.24, 2.45) is 0 Å². The predicted octanol–water partition coefficient (Wildman–Crippen LogP) is 5.59. The number of amides is 1. The van der Waals surface area contributed by atoms with Gasteiger partial charge in [-0.05, 0) is 60.9 Å². The number of ketones is 1. The number of phenolic OH excluding ortho intramolecular Hbond substituents is 1. The number of rotatable bonds is 6. The average molecular weight is 501 g/mol. The largest absolute Gasteiger partial charge is 0.508 e. The second-order valence-corrected chi connectivity index (χ2v) is 9.38. The molecular weight excluding hydrogens is 476 g/mol. The van der Waals surface area contributed by atoms with E-state index in [-0.39, 0.29) is 17.1 Å². The molecule has 1 fully saturated rings. The molecule has 4 aromatic rings. The molecule has 1 amide bonds. The van der Waals surface area contributed by atoms with Gasteiger partial charge in [-0.3, -0.25) is 14.5 Å². The number of nitrogens with zero attached hydrogens (tertiary/aromatic N) is 2. The molecule has 36 heavy (non-hydrogen) atoms. The summed E-state index contributed by atoms with van der Waals surface area (Å²) in [5.74, 6) is -1.29. The highest BCUT2D eigenvalue weighted by atomic mass is 32.1. The Labute approximate surface area is 211 Å². The Hall–Kier alpha value is -4.17. The van der Waals surface area contributed by atoms with E-state index in [0.29, 0.717) is 28.6 Å². The number of aromatic nitrogens is 1. The van der Waals surface area contributed by atoms with Gasteiger partial charge in [0.2, 0.25) is 0 Å². The number of benzene rings is 3. The van der Waals surface area contributed by atoms with Crippen molar-refractivity contribution in [3.63, 3.8) is 0 Å². The Morgan fingerprint density at radius 3 is 2.56 bits per heavy atom. The second-order valence-electron chi connectivity index (χ2n) is 8.37. The molecule has 0 saturated carbocycles. The lowest BCUT2D eigenvalue weighted by atomic mass is 9.95. The number of aromatic hydroxyl groups is 1. The van der Waals surface area contributed by atoms with Gasteiger partial charge < -0.3 is 14.9 Å². The lowest BCUT2D eigenvalue weighted by Crippen LogP contribution is -2.29. The first-order valence-corrected chi connectivity index (χ1v) is 12.5. The number of aliphatic hydroxyl groups excluding tert-OH is 1. The van der Waals surface area contributed by atoms with Crippen LogP contribution in [0.3, 0.4) is 0 Å². The summed E-state index contributed by atoms with van der Waals surface area (Å²) in [6.07, 6.45) is 0.863. The molecule has 1 saturated heterocycles. The molecular formula is C28H24N2O5S. The normalized spacial score (nSPS) is 17.2. The van der Waals surface area contributed by atoms with Gasteiger partial charge in [0.1, 0.15) is 17.3 Å². The molecule has 7 nitrogen and oxygen atoms in total. The maximum absolute atomic E-state index is 13.4. The summed E-state index contributed by atoms with van der Waals surface area (Å²) in [5.41, 5.74) is 2.74. The molecule has 1 unspecified atom stereocenters. The number of aryl methyl sites for hydroxylation is 1. The first kappa shape index (κ1) is 23.6. The highest BCUT2D eigenvalue weighted by Gasteiger charge is 2.48. The zero-order chi connectivity index (χ0) is 25.4. The lowest BCUT2D eigenvalue weighted by Gasteiger charge is -2.23. The summed E-state index contributed by atoms with van der Waals surface area (Å²) >= 11 is 1.32. The number of Topliss-reactive ketones (excluding diaryl/α,β-unsaturated/α-hetero) is 1. The molecule has 0 bridgehead atoms. The number of ether oxygens (including phenoxy) is 1. The lowest BCUT2D eigenvalue weighted by molar-refractivity contribution is -0.132. The molecule has 1 aromatic heterocycles. The SMILES string of the molecule is CCOc1cccc(/C(O)=C2\C(=O)C(=O)N(c3nc4ccc(CC)cc4s3)C2c2ccc(O)cc2)c1. The van der Waals surface area contributed by atoms with Crippen molar-refractivity contribution < 1.29 is 24.5 Å². The van der Waals surface area contributed by atoms with Crippen LogP contribution in [0.5, 0.6) is 11.5 Å². The quantitative estimate of drug-likeness (QED) is 0.203. The molecule has 2 N–H and O–H groups in total. The third-order valence-corrected chi connectivity index (χ3v) is 7.15. The Morgan fingerprint density at radius 2 is 1.83 bits per heavy atom. The van der Waals surface area contributed by atoms with E-state index >= 15 is 0 Å². The summed E-state index contributed by atoms with van der Waals surface area (Å²) in [5, 5.41) is 21.5. The molecule has 2 heterocycles. The predicted molar refractivity (Wildman–Crippen MR) is 139 cm³/mol. The number of fused-ring (bicyclic) bond motifs is 1. The fraction of sp³-hybridized carbons (Fsp3) is 0.179. The highest BCUT2D eigenvalue weighted by molar-refractivity contribution is 7.22. The number of hydrogen-bond donors (Lipinski definition) is 2. The van der Waals surface area contributed by atoms with Gasteiger partial charge in [0, 0.05) is 5.56 Å². The van der Waals surface area contributed by atoms with Gasteiger partial charge in [-0.1, -0.05) is 48.6 Å². The zero-order valence-corrected chi connectivity index (χ0v) is 20.6. The summed E-state index contributed by atoms with van der Waals surface area (Å²) in [6.45, 7) is 4.36. The highest BCUT2D eigenvalue weighted by Crippen LogP contribution is 2.44. The molecule has 5 rings (SSSR count). The van der Waals surface area contributed by atoms with E-state index in [1.54, 1.807) is 36.4 Å². The van der Waals surface area contributed by atoms with Gasteiger partial charge in [-0.2, -0.15) is 0 Å². The van der Waals surface area contributed by atoms with Crippen LogP contribution in [0, 0.1) is 0 Å². The second kappa shape index (κ2) is 9.47. The Morgan fingerprint density at radius 1 is 1.06 bits per heavy atom. The molecule has 1 aliphatic rings. The van der Waals surface area contributed by atoms with Gasteiger partial charge in [0.15, 0.2) is 5.13 Å². The van der Waals surface area contributed by atoms with Gasteiger partial charge in [-0.15, -0.1) is 0 Å². The number of carbonyl (C=O) groups is 2. The van der Waals surface area contributed by atoms with E-state index in [4.69, 9.17) is 4.74 Å². The monoisotopic (exact) mass is 500 g/mol. The number of aliphatic hydroxyl groups is 1. The maximum atomic E-state index is 13.4. The van der Waals surface area contributed by atoms with Crippen LogP contribution in [0.1, 0.15) is 36.6 Å². The molecule has 3 aromatic carbocycles. The molecule has 8 heteroatoms. The van der Waals surface area contributed by atoms with E-state index in [2.05, 4.69) is 11.9 Å².